The molecule has 2 rings (SSSR count). The van der Waals surface area contributed by atoms with E-state index in [0.717, 1.165) is 17.7 Å². The molecule has 1 atom stereocenters. The van der Waals surface area contributed by atoms with Gasteiger partial charge >= 0.3 is 0 Å². The molecule has 0 fully saturated rings. The van der Waals surface area contributed by atoms with Crippen molar-refractivity contribution >= 4 is 0 Å². The Bertz CT molecular complexity index is 528. The Balaban J connectivity index is 2.41. The predicted molar refractivity (Wildman–Crippen MR) is 67.1 cm³/mol. The molecule has 6 nitrogen and oxygen atoms in total. The zero-order valence-electron chi connectivity index (χ0n) is 11.2. The van der Waals surface area contributed by atoms with Crippen molar-refractivity contribution in [3.05, 3.63) is 29.6 Å². The molecule has 0 aliphatic rings. The van der Waals surface area contributed by atoms with E-state index in [1.54, 1.807) is 9.36 Å². The topological polar surface area (TPSA) is 68.8 Å². The SMILES string of the molecule is CCc1nn(C)cc1C(O)c1ncnn1C(C)C. The molecule has 18 heavy (non-hydrogen) atoms. The third kappa shape index (κ3) is 2.15. The summed E-state index contributed by atoms with van der Waals surface area (Å²) in [7, 11) is 1.85. The van der Waals surface area contributed by atoms with Gasteiger partial charge in [0.1, 0.15) is 12.4 Å². The van der Waals surface area contributed by atoms with Crippen LogP contribution in [0.1, 0.15) is 50.0 Å². The van der Waals surface area contributed by atoms with Gasteiger partial charge in [-0.05, 0) is 20.3 Å². The first-order chi connectivity index (χ1) is 8.54. The number of hydrogen-bond donors (Lipinski definition) is 1. The van der Waals surface area contributed by atoms with Crippen LogP contribution in [0.4, 0.5) is 0 Å². The first-order valence-corrected chi connectivity index (χ1v) is 6.14. The molecule has 0 aromatic carbocycles. The lowest BCUT2D eigenvalue weighted by Gasteiger charge is -2.14. The fourth-order valence-electron chi connectivity index (χ4n) is 2.05. The van der Waals surface area contributed by atoms with Crippen LogP contribution in [0.15, 0.2) is 12.5 Å². The molecule has 0 amide bonds. The largest absolute Gasteiger partial charge is 0.380 e. The van der Waals surface area contributed by atoms with Crippen molar-refractivity contribution in [2.75, 3.05) is 0 Å². The van der Waals surface area contributed by atoms with Gasteiger partial charge in [0.25, 0.3) is 0 Å². The van der Waals surface area contributed by atoms with E-state index in [0.29, 0.717) is 5.82 Å². The molecule has 0 bridgehead atoms. The fourth-order valence-corrected chi connectivity index (χ4v) is 2.05. The summed E-state index contributed by atoms with van der Waals surface area (Å²) in [5.74, 6) is 0.563. The van der Waals surface area contributed by atoms with Crippen molar-refractivity contribution in [1.29, 1.82) is 0 Å². The maximum Gasteiger partial charge on any atom is 0.160 e. The van der Waals surface area contributed by atoms with E-state index in [9.17, 15) is 5.11 Å². The predicted octanol–water partition coefficient (Wildman–Crippen LogP) is 1.24. The van der Waals surface area contributed by atoms with Crippen molar-refractivity contribution in [3.8, 4) is 0 Å². The third-order valence-corrected chi connectivity index (χ3v) is 2.90. The van der Waals surface area contributed by atoms with Crippen LogP contribution in [-0.4, -0.2) is 29.7 Å². The molecule has 6 heteroatoms. The molecular weight excluding hydrogens is 230 g/mol. The average molecular weight is 249 g/mol. The van der Waals surface area contributed by atoms with E-state index < -0.39 is 6.10 Å². The highest BCUT2D eigenvalue weighted by atomic mass is 16.3. The van der Waals surface area contributed by atoms with E-state index in [4.69, 9.17) is 0 Å². The molecule has 2 aromatic heterocycles. The van der Waals surface area contributed by atoms with Gasteiger partial charge in [-0.2, -0.15) is 10.2 Å². The van der Waals surface area contributed by atoms with E-state index >= 15 is 0 Å². The Morgan fingerprint density at radius 3 is 2.72 bits per heavy atom. The minimum absolute atomic E-state index is 0.166. The van der Waals surface area contributed by atoms with Crippen molar-refractivity contribution in [2.45, 2.75) is 39.3 Å². The van der Waals surface area contributed by atoms with Crippen molar-refractivity contribution in [2.24, 2.45) is 7.05 Å². The van der Waals surface area contributed by atoms with Gasteiger partial charge in [0.15, 0.2) is 5.82 Å². The molecule has 0 saturated heterocycles. The third-order valence-electron chi connectivity index (χ3n) is 2.90. The molecule has 0 spiro atoms. The normalized spacial score (nSPS) is 13.2. The van der Waals surface area contributed by atoms with Crippen molar-refractivity contribution in [3.63, 3.8) is 0 Å². The monoisotopic (exact) mass is 249 g/mol. The van der Waals surface area contributed by atoms with Crippen LogP contribution in [0.3, 0.4) is 0 Å². The molecule has 1 unspecified atom stereocenters. The second-order valence-electron chi connectivity index (χ2n) is 4.62. The van der Waals surface area contributed by atoms with E-state index in [-0.39, 0.29) is 6.04 Å². The Hall–Kier alpha value is -1.69. The molecule has 0 aliphatic heterocycles. The van der Waals surface area contributed by atoms with Gasteiger partial charge in [-0.15, -0.1) is 0 Å². The number of aliphatic hydroxyl groups excluding tert-OH is 1. The number of nitrogens with zero attached hydrogens (tertiary/aromatic N) is 5. The Labute approximate surface area is 106 Å². The summed E-state index contributed by atoms with van der Waals surface area (Å²) in [5.41, 5.74) is 1.69. The standard InChI is InChI=1S/C12H19N5O/c1-5-10-9(6-16(4)15-10)11(18)12-13-7-14-17(12)8(2)3/h6-8,11,18H,5H2,1-4H3. The van der Waals surface area contributed by atoms with Gasteiger partial charge in [0.05, 0.1) is 5.69 Å². The van der Waals surface area contributed by atoms with Crippen LogP contribution in [0.2, 0.25) is 0 Å². The van der Waals surface area contributed by atoms with Crippen LogP contribution in [0.5, 0.6) is 0 Å². The minimum Gasteiger partial charge on any atom is -0.380 e. The molecule has 0 radical (unpaired) electrons. The molecule has 2 heterocycles. The van der Waals surface area contributed by atoms with Crippen LogP contribution in [0.25, 0.3) is 0 Å². The first-order valence-electron chi connectivity index (χ1n) is 6.14. The van der Waals surface area contributed by atoms with Gasteiger partial charge < -0.3 is 5.11 Å². The van der Waals surface area contributed by atoms with Gasteiger partial charge in [-0.3, -0.25) is 4.68 Å². The molecule has 98 valence electrons. The summed E-state index contributed by atoms with van der Waals surface area (Å²) in [4.78, 5) is 4.16. The van der Waals surface area contributed by atoms with Crippen LogP contribution < -0.4 is 0 Å². The van der Waals surface area contributed by atoms with Crippen molar-refractivity contribution in [1.82, 2.24) is 24.5 Å². The maximum atomic E-state index is 10.5. The Morgan fingerprint density at radius 2 is 2.11 bits per heavy atom. The van der Waals surface area contributed by atoms with E-state index in [1.165, 1.54) is 6.33 Å². The van der Waals surface area contributed by atoms with Crippen molar-refractivity contribution < 1.29 is 5.11 Å². The quantitative estimate of drug-likeness (QED) is 0.885. The first kappa shape index (κ1) is 12.8. The summed E-state index contributed by atoms with van der Waals surface area (Å²) in [5, 5.41) is 18.9. The zero-order chi connectivity index (χ0) is 13.3. The molecule has 0 aliphatic carbocycles. The summed E-state index contributed by atoms with van der Waals surface area (Å²) in [6.45, 7) is 6.04. The van der Waals surface area contributed by atoms with E-state index in [2.05, 4.69) is 15.2 Å². The number of aromatic nitrogens is 5. The lowest BCUT2D eigenvalue weighted by atomic mass is 10.1. The summed E-state index contributed by atoms with van der Waals surface area (Å²) < 4.78 is 3.45. The number of hydrogen-bond acceptors (Lipinski definition) is 4. The second kappa shape index (κ2) is 4.89. The summed E-state index contributed by atoms with van der Waals surface area (Å²) in [6.07, 6.45) is 3.31. The van der Waals surface area contributed by atoms with Crippen LogP contribution in [-0.2, 0) is 13.5 Å². The van der Waals surface area contributed by atoms with Gasteiger partial charge in [0.2, 0.25) is 0 Å². The molecular formula is C12H19N5O. The number of aliphatic hydroxyl groups is 1. The minimum atomic E-state index is -0.779. The number of rotatable bonds is 4. The molecule has 1 N–H and O–H groups in total. The highest BCUT2D eigenvalue weighted by Gasteiger charge is 2.22. The van der Waals surface area contributed by atoms with Gasteiger partial charge in [-0.25, -0.2) is 9.67 Å². The van der Waals surface area contributed by atoms with E-state index in [1.807, 2.05) is 34.0 Å². The highest BCUT2D eigenvalue weighted by molar-refractivity contribution is 5.25. The lowest BCUT2D eigenvalue weighted by Crippen LogP contribution is -2.13. The molecule has 0 saturated carbocycles. The Kier molecular flexibility index (Phi) is 3.47. The maximum absolute atomic E-state index is 10.5. The smallest absolute Gasteiger partial charge is 0.160 e. The second-order valence-corrected chi connectivity index (χ2v) is 4.62. The average Bonchev–Trinajstić information content (AvgIpc) is 2.93. The zero-order valence-corrected chi connectivity index (χ0v) is 11.2. The van der Waals surface area contributed by atoms with Gasteiger partial charge in [0, 0.05) is 24.8 Å². The van der Waals surface area contributed by atoms with Gasteiger partial charge in [-0.1, -0.05) is 6.92 Å². The summed E-state index contributed by atoms with van der Waals surface area (Å²) in [6, 6.07) is 0.166. The lowest BCUT2D eigenvalue weighted by molar-refractivity contribution is 0.198. The number of aryl methyl sites for hydroxylation is 2. The Morgan fingerprint density at radius 1 is 1.39 bits per heavy atom. The molecule has 2 aromatic rings. The fraction of sp³-hybridized carbons (Fsp3) is 0.583. The van der Waals surface area contributed by atoms with Crippen LogP contribution >= 0.6 is 0 Å². The van der Waals surface area contributed by atoms with Crippen LogP contribution in [0, 0.1) is 0 Å². The highest BCUT2D eigenvalue weighted by Crippen LogP contribution is 2.24. The summed E-state index contributed by atoms with van der Waals surface area (Å²) >= 11 is 0.